The van der Waals surface area contributed by atoms with Crippen molar-refractivity contribution in [3.63, 3.8) is 0 Å². The van der Waals surface area contributed by atoms with Crippen molar-refractivity contribution in [1.29, 1.82) is 0 Å². The second-order valence-corrected chi connectivity index (χ2v) is 6.15. The number of rotatable bonds is 7. The molecular formula is C21H22N2O3. The highest BCUT2D eigenvalue weighted by Crippen LogP contribution is 2.22. The first kappa shape index (κ1) is 17.9. The van der Waals surface area contributed by atoms with E-state index in [4.69, 9.17) is 9.52 Å². The number of aromatic nitrogens is 1. The summed E-state index contributed by atoms with van der Waals surface area (Å²) in [7, 11) is 0. The van der Waals surface area contributed by atoms with Crippen molar-refractivity contribution in [2.75, 3.05) is 13.2 Å². The minimum Gasteiger partial charge on any atom is -0.461 e. The quantitative estimate of drug-likeness (QED) is 0.706. The molecule has 26 heavy (non-hydrogen) atoms. The third-order valence-corrected chi connectivity index (χ3v) is 4.15. The highest BCUT2D eigenvalue weighted by molar-refractivity contribution is 5.94. The predicted molar refractivity (Wildman–Crippen MR) is 99.6 cm³/mol. The van der Waals surface area contributed by atoms with Gasteiger partial charge in [0.05, 0.1) is 0 Å². The van der Waals surface area contributed by atoms with Crippen LogP contribution in [0, 0.1) is 6.92 Å². The molecule has 0 aliphatic heterocycles. The first-order chi connectivity index (χ1) is 12.7. The van der Waals surface area contributed by atoms with E-state index in [0.29, 0.717) is 25.1 Å². The summed E-state index contributed by atoms with van der Waals surface area (Å²) in [5.74, 6) is 1.58. The largest absolute Gasteiger partial charge is 0.461 e. The summed E-state index contributed by atoms with van der Waals surface area (Å²) >= 11 is 0. The Morgan fingerprint density at radius 1 is 1.08 bits per heavy atom. The van der Waals surface area contributed by atoms with Gasteiger partial charge in [0.2, 0.25) is 0 Å². The molecule has 0 bridgehead atoms. The van der Waals surface area contributed by atoms with Gasteiger partial charge in [0.25, 0.3) is 5.91 Å². The average Bonchev–Trinajstić information content (AvgIpc) is 3.12. The highest BCUT2D eigenvalue weighted by Gasteiger charge is 2.16. The van der Waals surface area contributed by atoms with Gasteiger partial charge >= 0.3 is 0 Å². The molecule has 0 radical (unpaired) electrons. The van der Waals surface area contributed by atoms with Gasteiger partial charge in [-0.15, -0.1) is 0 Å². The molecule has 0 spiro atoms. The number of benzene rings is 1. The van der Waals surface area contributed by atoms with E-state index in [-0.39, 0.29) is 12.5 Å². The van der Waals surface area contributed by atoms with Crippen molar-refractivity contribution in [3.8, 4) is 11.3 Å². The Balaban J connectivity index is 1.77. The number of nitrogens with zero attached hydrogens (tertiary/aromatic N) is 2. The van der Waals surface area contributed by atoms with Gasteiger partial charge in [-0.25, -0.2) is 0 Å². The normalized spacial score (nSPS) is 10.7. The molecule has 0 fully saturated rings. The van der Waals surface area contributed by atoms with Gasteiger partial charge in [0.1, 0.15) is 11.5 Å². The van der Waals surface area contributed by atoms with Crippen LogP contribution in [-0.2, 0) is 6.54 Å². The molecule has 0 unspecified atom stereocenters. The van der Waals surface area contributed by atoms with Crippen LogP contribution in [0.5, 0.6) is 0 Å². The summed E-state index contributed by atoms with van der Waals surface area (Å²) in [5.41, 5.74) is 2.56. The molecule has 1 amide bonds. The maximum absolute atomic E-state index is 12.9. The van der Waals surface area contributed by atoms with Crippen molar-refractivity contribution in [2.45, 2.75) is 19.9 Å². The lowest BCUT2D eigenvalue weighted by atomic mass is 10.1. The van der Waals surface area contributed by atoms with Crippen LogP contribution in [0.4, 0.5) is 0 Å². The molecule has 3 aromatic rings. The van der Waals surface area contributed by atoms with Crippen LogP contribution in [0.3, 0.4) is 0 Å². The minimum atomic E-state index is -0.0579. The van der Waals surface area contributed by atoms with Crippen LogP contribution in [0.2, 0.25) is 0 Å². The Kier molecular flexibility index (Phi) is 5.81. The smallest absolute Gasteiger partial charge is 0.254 e. The molecule has 0 aliphatic carbocycles. The number of carbonyl (C=O) groups excluding carboxylic acids is 1. The fourth-order valence-corrected chi connectivity index (χ4v) is 2.77. The summed E-state index contributed by atoms with van der Waals surface area (Å²) in [5, 5.41) is 9.14. The number of aliphatic hydroxyl groups excluding tert-OH is 1. The molecule has 3 rings (SSSR count). The van der Waals surface area contributed by atoms with Gasteiger partial charge in [0.15, 0.2) is 0 Å². The molecule has 2 aromatic heterocycles. The molecule has 0 atom stereocenters. The van der Waals surface area contributed by atoms with Crippen molar-refractivity contribution < 1.29 is 14.3 Å². The van der Waals surface area contributed by atoms with Gasteiger partial charge in [-0.05, 0) is 55.3 Å². The van der Waals surface area contributed by atoms with Gasteiger partial charge in [0, 0.05) is 43.2 Å². The number of pyridine rings is 1. The van der Waals surface area contributed by atoms with Crippen molar-refractivity contribution >= 4 is 5.91 Å². The summed E-state index contributed by atoms with van der Waals surface area (Å²) in [6.45, 7) is 2.94. The second-order valence-electron chi connectivity index (χ2n) is 6.15. The molecule has 0 saturated carbocycles. The number of aryl methyl sites for hydroxylation is 1. The van der Waals surface area contributed by atoms with E-state index in [9.17, 15) is 4.79 Å². The fraction of sp³-hybridized carbons (Fsp3) is 0.238. The van der Waals surface area contributed by atoms with Crippen molar-refractivity contribution in [2.24, 2.45) is 0 Å². The predicted octanol–water partition coefficient (Wildman–Crippen LogP) is 3.67. The maximum Gasteiger partial charge on any atom is 0.254 e. The molecule has 5 nitrogen and oxygen atoms in total. The number of furan rings is 1. The Bertz CT molecular complexity index is 841. The third kappa shape index (κ3) is 4.37. The van der Waals surface area contributed by atoms with Crippen LogP contribution >= 0.6 is 0 Å². The van der Waals surface area contributed by atoms with Crippen LogP contribution in [0.25, 0.3) is 11.3 Å². The van der Waals surface area contributed by atoms with Crippen molar-refractivity contribution in [1.82, 2.24) is 9.88 Å². The standard InChI is InChI=1S/C21H22N2O3/c1-16-3-8-20(26-16)18-4-6-19(7-5-18)21(25)23(13-2-14-24)15-17-9-11-22-12-10-17/h3-12,24H,2,13-15H2,1H3. The lowest BCUT2D eigenvalue weighted by molar-refractivity contribution is 0.0732. The van der Waals surface area contributed by atoms with Gasteiger partial charge in [-0.1, -0.05) is 12.1 Å². The van der Waals surface area contributed by atoms with Crippen LogP contribution in [0.15, 0.2) is 65.3 Å². The lowest BCUT2D eigenvalue weighted by Crippen LogP contribution is -2.32. The minimum absolute atomic E-state index is 0.0525. The van der Waals surface area contributed by atoms with E-state index in [0.717, 1.165) is 22.6 Å². The molecule has 1 aromatic carbocycles. The topological polar surface area (TPSA) is 66.6 Å². The molecule has 0 aliphatic rings. The monoisotopic (exact) mass is 350 g/mol. The first-order valence-electron chi connectivity index (χ1n) is 8.63. The number of carbonyl (C=O) groups is 1. The second kappa shape index (κ2) is 8.45. The SMILES string of the molecule is Cc1ccc(-c2ccc(C(=O)N(CCCO)Cc3ccncc3)cc2)o1. The summed E-state index contributed by atoms with van der Waals surface area (Å²) in [6, 6.07) is 15.0. The Labute approximate surface area is 152 Å². The average molecular weight is 350 g/mol. The number of aliphatic hydroxyl groups is 1. The molecule has 1 N–H and O–H groups in total. The highest BCUT2D eigenvalue weighted by atomic mass is 16.3. The van der Waals surface area contributed by atoms with Crippen LogP contribution in [-0.4, -0.2) is 34.0 Å². The summed E-state index contributed by atoms with van der Waals surface area (Å²) in [4.78, 5) is 18.7. The zero-order valence-corrected chi connectivity index (χ0v) is 14.8. The van der Waals surface area contributed by atoms with Crippen LogP contribution < -0.4 is 0 Å². The molecular weight excluding hydrogens is 328 g/mol. The Morgan fingerprint density at radius 3 is 2.42 bits per heavy atom. The van der Waals surface area contributed by atoms with Gasteiger partial charge < -0.3 is 14.4 Å². The van der Waals surface area contributed by atoms with E-state index < -0.39 is 0 Å². The zero-order valence-electron chi connectivity index (χ0n) is 14.8. The lowest BCUT2D eigenvalue weighted by Gasteiger charge is -2.22. The molecule has 0 saturated heterocycles. The molecule has 5 heteroatoms. The van der Waals surface area contributed by atoms with Gasteiger partial charge in [-0.3, -0.25) is 9.78 Å². The Hall–Kier alpha value is -2.92. The summed E-state index contributed by atoms with van der Waals surface area (Å²) < 4.78 is 5.62. The van der Waals surface area contributed by atoms with Crippen molar-refractivity contribution in [3.05, 3.63) is 77.8 Å². The van der Waals surface area contributed by atoms with E-state index in [1.165, 1.54) is 0 Å². The molecule has 2 heterocycles. The molecule has 134 valence electrons. The number of hydrogen-bond acceptors (Lipinski definition) is 4. The van der Waals surface area contributed by atoms with E-state index in [1.54, 1.807) is 17.3 Å². The number of hydrogen-bond donors (Lipinski definition) is 1. The fourth-order valence-electron chi connectivity index (χ4n) is 2.77. The number of amides is 1. The maximum atomic E-state index is 12.9. The van der Waals surface area contributed by atoms with Crippen LogP contribution in [0.1, 0.15) is 28.1 Å². The van der Waals surface area contributed by atoms with E-state index in [2.05, 4.69) is 4.98 Å². The first-order valence-corrected chi connectivity index (χ1v) is 8.63. The van der Waals surface area contributed by atoms with E-state index >= 15 is 0 Å². The van der Waals surface area contributed by atoms with E-state index in [1.807, 2.05) is 55.5 Å². The third-order valence-electron chi connectivity index (χ3n) is 4.15. The summed E-state index contributed by atoms with van der Waals surface area (Å²) in [6.07, 6.45) is 3.97. The van der Waals surface area contributed by atoms with Gasteiger partial charge in [-0.2, -0.15) is 0 Å². The zero-order chi connectivity index (χ0) is 18.4. The Morgan fingerprint density at radius 2 is 1.81 bits per heavy atom.